The van der Waals surface area contributed by atoms with E-state index in [1.165, 1.54) is 14.2 Å². The number of allylic oxidation sites excluding steroid dienone is 1. The van der Waals surface area contributed by atoms with Gasteiger partial charge in [0.05, 0.1) is 14.2 Å². The first-order valence-corrected chi connectivity index (χ1v) is 4.59. The first-order valence-electron chi connectivity index (χ1n) is 4.59. The fourth-order valence-electron chi connectivity index (χ4n) is 1.63. The number of carbonyl (C=O) groups excluding carboxylic acids is 2. The quantitative estimate of drug-likeness (QED) is 0.289. The summed E-state index contributed by atoms with van der Waals surface area (Å²) < 4.78 is 9.10. The number of hydrogen-bond donors (Lipinski definition) is 0. The number of ether oxygens (including phenoxy) is 2. The average molecular weight is 198 g/mol. The molecule has 0 unspecified atom stereocenters. The zero-order valence-corrected chi connectivity index (χ0v) is 8.46. The van der Waals surface area contributed by atoms with Crippen molar-refractivity contribution < 1.29 is 19.1 Å². The zero-order valence-electron chi connectivity index (χ0n) is 8.46. The third-order valence-electron chi connectivity index (χ3n) is 2.34. The number of esters is 2. The fraction of sp³-hybridized carbons (Fsp3) is 0.600. The molecule has 4 heteroatoms. The molecule has 78 valence electrons. The van der Waals surface area contributed by atoms with Gasteiger partial charge in [0.1, 0.15) is 5.57 Å². The van der Waals surface area contributed by atoms with Crippen LogP contribution in [0.15, 0.2) is 11.1 Å². The van der Waals surface area contributed by atoms with E-state index in [1.54, 1.807) is 0 Å². The summed E-state index contributed by atoms with van der Waals surface area (Å²) in [5, 5.41) is 0. The lowest BCUT2D eigenvalue weighted by Gasteiger charge is -2.06. The van der Waals surface area contributed by atoms with Crippen LogP contribution in [-0.4, -0.2) is 26.2 Å². The van der Waals surface area contributed by atoms with Gasteiger partial charge in [0.25, 0.3) is 0 Å². The van der Waals surface area contributed by atoms with Gasteiger partial charge in [-0.05, 0) is 31.3 Å². The minimum Gasteiger partial charge on any atom is -0.465 e. The van der Waals surface area contributed by atoms with Gasteiger partial charge in [0, 0.05) is 0 Å². The molecule has 1 aliphatic rings. The molecule has 4 nitrogen and oxygen atoms in total. The highest BCUT2D eigenvalue weighted by Gasteiger charge is 2.26. The van der Waals surface area contributed by atoms with Gasteiger partial charge in [-0.15, -0.1) is 0 Å². The maximum Gasteiger partial charge on any atom is 0.345 e. The van der Waals surface area contributed by atoms with Gasteiger partial charge in [-0.25, -0.2) is 9.59 Å². The van der Waals surface area contributed by atoms with E-state index >= 15 is 0 Å². The van der Waals surface area contributed by atoms with Gasteiger partial charge < -0.3 is 9.47 Å². The maximum atomic E-state index is 11.3. The molecule has 0 bridgehead atoms. The van der Waals surface area contributed by atoms with Crippen molar-refractivity contribution in [3.8, 4) is 0 Å². The standard InChI is InChI=1S/C10H14O4/c1-13-9(11)8(10(12)14-2)7-5-3-4-6-7/h3-6H2,1-2H3. The van der Waals surface area contributed by atoms with Gasteiger partial charge in [-0.2, -0.15) is 0 Å². The average Bonchev–Trinajstić information content (AvgIpc) is 2.70. The predicted octanol–water partition coefficient (Wildman–Crippen LogP) is 1.20. The van der Waals surface area contributed by atoms with Crippen LogP contribution < -0.4 is 0 Å². The van der Waals surface area contributed by atoms with Crippen LogP contribution in [0.1, 0.15) is 25.7 Å². The Morgan fingerprint density at radius 1 is 1.00 bits per heavy atom. The Balaban J connectivity index is 2.97. The monoisotopic (exact) mass is 198 g/mol. The van der Waals surface area contributed by atoms with E-state index in [-0.39, 0.29) is 5.57 Å². The molecule has 0 aliphatic heterocycles. The highest BCUT2D eigenvalue weighted by molar-refractivity contribution is 6.14. The Bertz CT molecular complexity index is 252. The minimum absolute atomic E-state index is 0.0903. The molecule has 0 atom stereocenters. The van der Waals surface area contributed by atoms with E-state index in [9.17, 15) is 9.59 Å². The van der Waals surface area contributed by atoms with Crippen LogP contribution in [0.2, 0.25) is 0 Å². The summed E-state index contributed by atoms with van der Waals surface area (Å²) in [7, 11) is 2.53. The van der Waals surface area contributed by atoms with Crippen LogP contribution in [-0.2, 0) is 19.1 Å². The van der Waals surface area contributed by atoms with Crippen molar-refractivity contribution in [3.63, 3.8) is 0 Å². The Labute approximate surface area is 82.9 Å². The second kappa shape index (κ2) is 4.79. The lowest BCUT2D eigenvalue weighted by atomic mass is 10.1. The normalized spacial score (nSPS) is 15.1. The van der Waals surface area contributed by atoms with E-state index in [1.807, 2.05) is 0 Å². The van der Waals surface area contributed by atoms with Crippen LogP contribution in [0.25, 0.3) is 0 Å². The summed E-state index contributed by atoms with van der Waals surface area (Å²) in [6, 6.07) is 0. The molecular formula is C10H14O4. The second-order valence-corrected chi connectivity index (χ2v) is 3.17. The lowest BCUT2D eigenvalue weighted by Crippen LogP contribution is -2.17. The van der Waals surface area contributed by atoms with Gasteiger partial charge in [0.2, 0.25) is 0 Å². The summed E-state index contributed by atoms with van der Waals surface area (Å²) in [6.07, 6.45) is 3.62. The van der Waals surface area contributed by atoms with Crippen molar-refractivity contribution in [2.45, 2.75) is 25.7 Å². The molecule has 0 aromatic carbocycles. The highest BCUT2D eigenvalue weighted by Crippen LogP contribution is 2.27. The van der Waals surface area contributed by atoms with Crippen molar-refractivity contribution in [1.82, 2.24) is 0 Å². The topological polar surface area (TPSA) is 52.6 Å². The molecule has 1 aliphatic carbocycles. The third-order valence-corrected chi connectivity index (χ3v) is 2.34. The maximum absolute atomic E-state index is 11.3. The van der Waals surface area contributed by atoms with Crippen LogP contribution in [0.3, 0.4) is 0 Å². The first-order chi connectivity index (χ1) is 6.70. The molecular weight excluding hydrogens is 184 g/mol. The molecule has 0 spiro atoms. The van der Waals surface area contributed by atoms with E-state index < -0.39 is 11.9 Å². The SMILES string of the molecule is COC(=O)C(C(=O)OC)=C1CCCC1. The summed E-state index contributed by atoms with van der Waals surface area (Å²) in [6.45, 7) is 0. The van der Waals surface area contributed by atoms with Crippen LogP contribution in [0.5, 0.6) is 0 Å². The number of carbonyl (C=O) groups is 2. The molecule has 1 fully saturated rings. The zero-order chi connectivity index (χ0) is 10.6. The summed E-state index contributed by atoms with van der Waals surface area (Å²) in [5.74, 6) is -1.18. The molecule has 0 amide bonds. The number of hydrogen-bond acceptors (Lipinski definition) is 4. The van der Waals surface area contributed by atoms with E-state index in [0.717, 1.165) is 31.3 Å². The second-order valence-electron chi connectivity index (χ2n) is 3.17. The van der Waals surface area contributed by atoms with Gasteiger partial charge in [-0.1, -0.05) is 0 Å². The van der Waals surface area contributed by atoms with Crippen molar-refractivity contribution in [2.24, 2.45) is 0 Å². The van der Waals surface area contributed by atoms with E-state index in [2.05, 4.69) is 9.47 Å². The van der Waals surface area contributed by atoms with Gasteiger partial charge in [0.15, 0.2) is 0 Å². The molecule has 0 aromatic heterocycles. The van der Waals surface area contributed by atoms with Crippen LogP contribution >= 0.6 is 0 Å². The predicted molar refractivity (Wildman–Crippen MR) is 49.5 cm³/mol. The molecule has 14 heavy (non-hydrogen) atoms. The van der Waals surface area contributed by atoms with E-state index in [4.69, 9.17) is 0 Å². The molecule has 0 radical (unpaired) electrons. The lowest BCUT2D eigenvalue weighted by molar-refractivity contribution is -0.144. The van der Waals surface area contributed by atoms with Gasteiger partial charge >= 0.3 is 11.9 Å². The summed E-state index contributed by atoms with van der Waals surface area (Å²) in [5.41, 5.74) is 0.955. The first kappa shape index (κ1) is 10.8. The van der Waals surface area contributed by atoms with Crippen molar-refractivity contribution in [3.05, 3.63) is 11.1 Å². The van der Waals surface area contributed by atoms with Crippen molar-refractivity contribution in [1.29, 1.82) is 0 Å². The van der Waals surface area contributed by atoms with Crippen molar-refractivity contribution >= 4 is 11.9 Å². The van der Waals surface area contributed by atoms with E-state index in [0.29, 0.717) is 0 Å². The molecule has 0 saturated heterocycles. The highest BCUT2D eigenvalue weighted by atomic mass is 16.5. The Kier molecular flexibility index (Phi) is 3.68. The summed E-state index contributed by atoms with van der Waals surface area (Å²) in [4.78, 5) is 22.6. The smallest absolute Gasteiger partial charge is 0.345 e. The Hall–Kier alpha value is -1.32. The largest absolute Gasteiger partial charge is 0.465 e. The molecule has 0 aromatic rings. The summed E-state index contributed by atoms with van der Waals surface area (Å²) >= 11 is 0. The number of rotatable bonds is 2. The molecule has 0 heterocycles. The Morgan fingerprint density at radius 2 is 1.43 bits per heavy atom. The van der Waals surface area contributed by atoms with Crippen molar-refractivity contribution in [2.75, 3.05) is 14.2 Å². The Morgan fingerprint density at radius 3 is 1.79 bits per heavy atom. The molecule has 1 saturated carbocycles. The van der Waals surface area contributed by atoms with Crippen LogP contribution in [0, 0.1) is 0 Å². The third kappa shape index (κ3) is 2.13. The molecule has 1 rings (SSSR count). The van der Waals surface area contributed by atoms with Gasteiger partial charge in [-0.3, -0.25) is 0 Å². The molecule has 0 N–H and O–H groups in total. The number of methoxy groups -OCH3 is 2. The fourth-order valence-corrected chi connectivity index (χ4v) is 1.63. The van der Waals surface area contributed by atoms with Crippen LogP contribution in [0.4, 0.5) is 0 Å². The minimum atomic E-state index is -0.589.